The van der Waals surface area contributed by atoms with Gasteiger partial charge in [0.2, 0.25) is 11.1 Å². The number of esters is 1. The van der Waals surface area contributed by atoms with E-state index in [0.717, 1.165) is 5.56 Å². The second-order valence-electron chi connectivity index (χ2n) is 5.76. The minimum Gasteiger partial charge on any atom is -0.462 e. The number of ether oxygens (including phenoxy) is 1. The first-order valence-corrected chi connectivity index (χ1v) is 9.36. The van der Waals surface area contributed by atoms with Crippen LogP contribution in [0.4, 0.5) is 5.69 Å². The van der Waals surface area contributed by atoms with E-state index in [1.54, 1.807) is 36.7 Å². The largest absolute Gasteiger partial charge is 0.462 e. The monoisotopic (exact) mass is 385 g/mol. The molecule has 0 atom stereocenters. The molecule has 0 radical (unpaired) electrons. The minimum absolute atomic E-state index is 0.140. The zero-order valence-corrected chi connectivity index (χ0v) is 16.0. The molecule has 9 heteroatoms. The molecule has 1 amide bonds. The summed E-state index contributed by atoms with van der Waals surface area (Å²) in [6, 6.07) is 7.18. The molecule has 27 heavy (non-hydrogen) atoms. The maximum absolute atomic E-state index is 12.5. The number of benzene rings is 1. The second kappa shape index (κ2) is 8.17. The quantitative estimate of drug-likeness (QED) is 0.627. The van der Waals surface area contributed by atoms with Crippen LogP contribution in [0.15, 0.2) is 40.1 Å². The van der Waals surface area contributed by atoms with Gasteiger partial charge in [-0.25, -0.2) is 4.79 Å². The normalized spacial score (nSPS) is 13.6. The number of hydrogen-bond donors (Lipinski definition) is 1. The number of fused-ring (bicyclic) bond motifs is 1. The summed E-state index contributed by atoms with van der Waals surface area (Å²) < 4.78 is 6.83. The van der Waals surface area contributed by atoms with Gasteiger partial charge in [-0.1, -0.05) is 23.9 Å². The van der Waals surface area contributed by atoms with Crippen LogP contribution in [0.25, 0.3) is 6.08 Å². The summed E-state index contributed by atoms with van der Waals surface area (Å²) in [5, 5.41) is 16.0. The number of anilines is 1. The lowest BCUT2D eigenvalue weighted by atomic mass is 10.1. The summed E-state index contributed by atoms with van der Waals surface area (Å²) in [5.41, 5.74) is 2.47. The van der Waals surface area contributed by atoms with E-state index in [-0.39, 0.29) is 12.5 Å². The number of carbonyl (C=O) groups excluding carboxylic acids is 2. The number of aryl methyl sites for hydroxylation is 1. The zero-order chi connectivity index (χ0) is 19.4. The number of amides is 1. The summed E-state index contributed by atoms with van der Waals surface area (Å²) in [4.78, 5) is 23.7. The summed E-state index contributed by atoms with van der Waals surface area (Å²) >= 11 is 1.46. The smallest absolute Gasteiger partial charge is 0.340 e. The van der Waals surface area contributed by atoms with Crippen molar-refractivity contribution < 1.29 is 14.3 Å². The molecule has 3 rings (SSSR count). The highest BCUT2D eigenvalue weighted by atomic mass is 32.2. The van der Waals surface area contributed by atoms with Crippen molar-refractivity contribution in [2.45, 2.75) is 25.9 Å². The molecule has 0 bridgehead atoms. The molecule has 2 aromatic rings. The Morgan fingerprint density at radius 3 is 2.70 bits per heavy atom. The Bertz CT molecular complexity index is 931. The Hall–Kier alpha value is -2.94. The predicted octanol–water partition coefficient (Wildman–Crippen LogP) is 2.50. The molecule has 0 saturated carbocycles. The maximum Gasteiger partial charge on any atom is 0.340 e. The first-order chi connectivity index (χ1) is 13.0. The van der Waals surface area contributed by atoms with Gasteiger partial charge in [-0.2, -0.15) is 9.78 Å². The van der Waals surface area contributed by atoms with Crippen molar-refractivity contribution in [3.63, 3.8) is 0 Å². The van der Waals surface area contributed by atoms with E-state index < -0.39 is 5.97 Å². The van der Waals surface area contributed by atoms with Gasteiger partial charge in [0.25, 0.3) is 0 Å². The molecule has 140 valence electrons. The number of nitrogens with one attached hydrogen (secondary N) is 1. The van der Waals surface area contributed by atoms with Crippen LogP contribution < -0.4 is 5.32 Å². The molecule has 1 aliphatic rings. The van der Waals surface area contributed by atoms with Gasteiger partial charge in [-0.3, -0.25) is 4.79 Å². The van der Waals surface area contributed by atoms with Gasteiger partial charge in [-0.05, 0) is 37.6 Å². The van der Waals surface area contributed by atoms with Gasteiger partial charge in [0.1, 0.15) is 0 Å². The SMILES string of the molecule is CCOC(=O)/C(=C\c1ccc(NC(C)=O)cc1)C1=Nn2c(C)nnc2SC1. The number of aromatic nitrogens is 3. The summed E-state index contributed by atoms with van der Waals surface area (Å²) in [6.07, 6.45) is 1.74. The number of thioether (sulfide) groups is 1. The molecule has 1 aliphatic heterocycles. The molecule has 8 nitrogen and oxygen atoms in total. The van der Waals surface area contributed by atoms with Crippen molar-refractivity contribution in [3.05, 3.63) is 41.2 Å². The third-order valence-corrected chi connectivity index (χ3v) is 4.61. The fraction of sp³-hybridized carbons (Fsp3) is 0.278. The first-order valence-electron chi connectivity index (χ1n) is 8.37. The van der Waals surface area contributed by atoms with E-state index in [4.69, 9.17) is 4.74 Å². The average molecular weight is 385 g/mol. The van der Waals surface area contributed by atoms with Crippen molar-refractivity contribution in [3.8, 4) is 0 Å². The molecule has 0 aliphatic carbocycles. The van der Waals surface area contributed by atoms with Gasteiger partial charge in [-0.15, -0.1) is 10.2 Å². The highest BCUT2D eigenvalue weighted by molar-refractivity contribution is 7.99. The van der Waals surface area contributed by atoms with Crippen molar-refractivity contribution >= 4 is 41.1 Å². The lowest BCUT2D eigenvalue weighted by molar-refractivity contribution is -0.137. The van der Waals surface area contributed by atoms with Gasteiger partial charge < -0.3 is 10.1 Å². The van der Waals surface area contributed by atoms with E-state index in [1.165, 1.54) is 18.7 Å². The summed E-state index contributed by atoms with van der Waals surface area (Å²) in [7, 11) is 0. The van der Waals surface area contributed by atoms with Crippen LogP contribution in [0.2, 0.25) is 0 Å². The predicted molar refractivity (Wildman–Crippen MR) is 104 cm³/mol. The van der Waals surface area contributed by atoms with Crippen LogP contribution in [0, 0.1) is 6.92 Å². The summed E-state index contributed by atoms with van der Waals surface area (Å²) in [6.45, 7) is 5.29. The van der Waals surface area contributed by atoms with Gasteiger partial charge in [0, 0.05) is 18.4 Å². The Morgan fingerprint density at radius 2 is 2.04 bits per heavy atom. The molecular weight excluding hydrogens is 366 g/mol. The Balaban J connectivity index is 1.96. The van der Waals surface area contributed by atoms with Crippen LogP contribution in [0.5, 0.6) is 0 Å². The fourth-order valence-electron chi connectivity index (χ4n) is 2.46. The molecule has 0 fully saturated rings. The van der Waals surface area contributed by atoms with Crippen LogP contribution >= 0.6 is 11.8 Å². The lowest BCUT2D eigenvalue weighted by Gasteiger charge is -2.15. The highest BCUT2D eigenvalue weighted by Gasteiger charge is 2.24. The third-order valence-electron chi connectivity index (χ3n) is 3.67. The van der Waals surface area contributed by atoms with Gasteiger partial charge >= 0.3 is 5.97 Å². The Morgan fingerprint density at radius 1 is 1.30 bits per heavy atom. The van der Waals surface area contributed by atoms with E-state index in [9.17, 15) is 9.59 Å². The molecule has 0 saturated heterocycles. The standard InChI is InChI=1S/C18H19N5O3S/c1-4-26-17(25)15(9-13-5-7-14(8-6-13)19-12(3)24)16-10-27-18-21-20-11(2)23(18)22-16/h5-9H,4,10H2,1-3H3,(H,19,24)/b15-9-. The van der Waals surface area contributed by atoms with Crippen molar-refractivity contribution in [1.29, 1.82) is 0 Å². The van der Waals surface area contributed by atoms with Crippen molar-refractivity contribution in [1.82, 2.24) is 14.9 Å². The van der Waals surface area contributed by atoms with Crippen LogP contribution in [-0.2, 0) is 14.3 Å². The fourth-order valence-corrected chi connectivity index (χ4v) is 3.33. The number of nitrogens with zero attached hydrogens (tertiary/aromatic N) is 4. The molecule has 0 unspecified atom stereocenters. The molecule has 1 aromatic carbocycles. The third kappa shape index (κ3) is 4.43. The Labute approximate surface area is 160 Å². The second-order valence-corrected chi connectivity index (χ2v) is 6.70. The molecule has 1 N–H and O–H groups in total. The highest BCUT2D eigenvalue weighted by Crippen LogP contribution is 2.25. The topological polar surface area (TPSA) is 98.5 Å². The van der Waals surface area contributed by atoms with Crippen LogP contribution in [-0.4, -0.2) is 44.8 Å². The zero-order valence-electron chi connectivity index (χ0n) is 15.2. The molecule has 1 aromatic heterocycles. The summed E-state index contributed by atoms with van der Waals surface area (Å²) in [5.74, 6) is 0.570. The van der Waals surface area contributed by atoms with E-state index in [2.05, 4.69) is 20.6 Å². The molecule has 2 heterocycles. The molecular formula is C18H19N5O3S. The minimum atomic E-state index is -0.433. The average Bonchev–Trinajstić information content (AvgIpc) is 3.01. The van der Waals surface area contributed by atoms with E-state index >= 15 is 0 Å². The Kier molecular flexibility index (Phi) is 5.70. The number of hydrogen-bond acceptors (Lipinski definition) is 7. The van der Waals surface area contributed by atoms with Crippen LogP contribution in [0.3, 0.4) is 0 Å². The van der Waals surface area contributed by atoms with Crippen molar-refractivity contribution in [2.75, 3.05) is 17.7 Å². The first kappa shape index (κ1) is 18.8. The lowest BCUT2D eigenvalue weighted by Crippen LogP contribution is -2.21. The number of rotatable bonds is 5. The van der Waals surface area contributed by atoms with Crippen LogP contribution in [0.1, 0.15) is 25.2 Å². The van der Waals surface area contributed by atoms with E-state index in [1.807, 2.05) is 12.1 Å². The van der Waals surface area contributed by atoms with Gasteiger partial charge in [0.15, 0.2) is 5.82 Å². The number of carbonyl (C=O) groups is 2. The van der Waals surface area contributed by atoms with E-state index in [0.29, 0.717) is 33.7 Å². The molecule has 0 spiro atoms. The van der Waals surface area contributed by atoms with Gasteiger partial charge in [0.05, 0.1) is 17.9 Å². The van der Waals surface area contributed by atoms with Crippen molar-refractivity contribution in [2.24, 2.45) is 5.10 Å². The maximum atomic E-state index is 12.5.